The Morgan fingerprint density at radius 2 is 1.58 bits per heavy atom. The number of anilines is 1. The van der Waals surface area contributed by atoms with Crippen LogP contribution in [0, 0.1) is 0 Å². The lowest BCUT2D eigenvalue weighted by molar-refractivity contribution is 0.483. The number of hydrogen-bond acceptors (Lipinski definition) is 3. The maximum Gasteiger partial charge on any atom is 0.294 e. The smallest absolute Gasteiger partial charge is 0.294 e. The van der Waals surface area contributed by atoms with E-state index in [9.17, 15) is 8.42 Å². The molecule has 0 saturated heterocycles. The van der Waals surface area contributed by atoms with Crippen molar-refractivity contribution >= 4 is 33.2 Å². The Morgan fingerprint density at radius 3 is 1.92 bits per heavy atom. The Kier molecular flexibility index (Phi) is 3.74. The molecule has 0 aromatic heterocycles. The highest BCUT2D eigenvalue weighted by molar-refractivity contribution is 7.85. The molecule has 1 rings (SSSR count). The maximum absolute atomic E-state index is 10.5. The maximum atomic E-state index is 10.5. The lowest BCUT2D eigenvalue weighted by Crippen LogP contribution is -1.97. The van der Waals surface area contributed by atoms with E-state index in [-0.39, 0.29) is 22.3 Å². The largest absolute Gasteiger partial charge is 0.399 e. The Labute approximate surface area is 81.3 Å². The van der Waals surface area contributed by atoms with Crippen LogP contribution in [-0.4, -0.2) is 30.3 Å². The van der Waals surface area contributed by atoms with Crippen LogP contribution in [0.1, 0.15) is 0 Å². The fraction of sp³-hybridized carbons (Fsp3) is 0. The van der Waals surface area contributed by atoms with Crippen LogP contribution in [0.5, 0.6) is 0 Å². The number of rotatable bonds is 1. The average molecular weight is 203 g/mol. The molecule has 0 aliphatic rings. The number of benzene rings is 1. The number of nitrogens with two attached hydrogens (primary N) is 1. The highest BCUT2D eigenvalue weighted by Crippen LogP contribution is 2.10. The second-order valence-corrected chi connectivity index (χ2v) is 3.47. The number of nitrogen functional groups attached to an aromatic ring is 1. The summed E-state index contributed by atoms with van der Waals surface area (Å²) in [4.78, 5) is -0.147. The quantitative estimate of drug-likeness (QED) is 0.360. The topological polar surface area (TPSA) is 80.4 Å². The van der Waals surface area contributed by atoms with E-state index in [1.165, 1.54) is 24.3 Å². The van der Waals surface area contributed by atoms with E-state index < -0.39 is 10.1 Å². The zero-order valence-electron chi connectivity index (χ0n) is 5.56. The van der Waals surface area contributed by atoms with Gasteiger partial charge in [0.15, 0.2) is 17.4 Å². The minimum atomic E-state index is -4.08. The summed E-state index contributed by atoms with van der Waals surface area (Å²) in [5.74, 6) is 0. The molecule has 0 saturated carbocycles. The van der Waals surface area contributed by atoms with Crippen molar-refractivity contribution in [2.24, 2.45) is 0 Å². The molecule has 12 heavy (non-hydrogen) atoms. The van der Waals surface area contributed by atoms with Crippen LogP contribution in [0.2, 0.25) is 0 Å². The summed E-state index contributed by atoms with van der Waals surface area (Å²) in [7, 11) is -4.08. The molecule has 0 amide bonds. The summed E-state index contributed by atoms with van der Waals surface area (Å²) in [6.45, 7) is 0. The van der Waals surface area contributed by atoms with Crippen LogP contribution in [-0.2, 0) is 10.1 Å². The molecule has 0 bridgehead atoms. The van der Waals surface area contributed by atoms with Crippen LogP contribution in [0.25, 0.3) is 0 Å². The molecule has 0 unspecified atom stereocenters. The van der Waals surface area contributed by atoms with Gasteiger partial charge >= 0.3 is 0 Å². The standard InChI is InChI=1S/C6H7NO3S.Al.3H/c7-5-1-3-6(4-2-5)11(8,9)10;;;;/h1-4H,7H2,(H,8,9,10);;;;. The number of hydrogen-bond donors (Lipinski definition) is 2. The van der Waals surface area contributed by atoms with Gasteiger partial charge in [0.25, 0.3) is 10.1 Å². The average Bonchev–Trinajstić information content (AvgIpc) is 1.86. The third-order valence-electron chi connectivity index (χ3n) is 1.18. The third-order valence-corrected chi connectivity index (χ3v) is 2.05. The van der Waals surface area contributed by atoms with Crippen molar-refractivity contribution in [2.45, 2.75) is 4.90 Å². The van der Waals surface area contributed by atoms with E-state index in [1.54, 1.807) is 0 Å². The molecule has 3 N–H and O–H groups in total. The fourth-order valence-electron chi connectivity index (χ4n) is 0.640. The summed E-state index contributed by atoms with van der Waals surface area (Å²) >= 11 is 0. The molecule has 0 heterocycles. The van der Waals surface area contributed by atoms with Crippen molar-refractivity contribution < 1.29 is 13.0 Å². The van der Waals surface area contributed by atoms with E-state index in [4.69, 9.17) is 10.3 Å². The van der Waals surface area contributed by atoms with Gasteiger partial charge in [0.1, 0.15) is 0 Å². The molecule has 0 spiro atoms. The zero-order chi connectivity index (χ0) is 8.48. The molecule has 0 fully saturated rings. The summed E-state index contributed by atoms with van der Waals surface area (Å²) in [6.07, 6.45) is 0. The Hall–Kier alpha value is -0.538. The third kappa shape index (κ3) is 2.83. The van der Waals surface area contributed by atoms with Gasteiger partial charge < -0.3 is 5.73 Å². The highest BCUT2D eigenvalue weighted by Gasteiger charge is 2.06. The predicted molar refractivity (Wildman–Crippen MR) is 50.6 cm³/mol. The van der Waals surface area contributed by atoms with Crippen molar-refractivity contribution in [3.63, 3.8) is 0 Å². The van der Waals surface area contributed by atoms with Gasteiger partial charge in [-0.15, -0.1) is 0 Å². The van der Waals surface area contributed by atoms with Crippen molar-refractivity contribution in [3.8, 4) is 0 Å². The van der Waals surface area contributed by atoms with Gasteiger partial charge in [0, 0.05) is 5.69 Å². The Morgan fingerprint density at radius 1 is 1.17 bits per heavy atom. The van der Waals surface area contributed by atoms with Crippen LogP contribution in [0.3, 0.4) is 0 Å². The van der Waals surface area contributed by atoms with E-state index >= 15 is 0 Å². The zero-order valence-corrected chi connectivity index (χ0v) is 6.38. The van der Waals surface area contributed by atoms with Gasteiger partial charge in [0.05, 0.1) is 4.90 Å². The Bertz CT molecular complexity index is 346. The molecule has 1 aromatic rings. The van der Waals surface area contributed by atoms with Gasteiger partial charge in [-0.3, -0.25) is 4.55 Å². The molecule has 66 valence electrons. The van der Waals surface area contributed by atoms with Crippen LogP contribution >= 0.6 is 0 Å². The van der Waals surface area contributed by atoms with E-state index in [1.807, 2.05) is 0 Å². The van der Waals surface area contributed by atoms with Gasteiger partial charge in [-0.2, -0.15) is 8.42 Å². The summed E-state index contributed by atoms with van der Waals surface area (Å²) < 4.78 is 29.4. The lowest BCUT2D eigenvalue weighted by atomic mass is 10.3. The van der Waals surface area contributed by atoms with Crippen molar-refractivity contribution in [1.29, 1.82) is 0 Å². The molecule has 1 aromatic carbocycles. The Balaban J connectivity index is 0.00000121. The van der Waals surface area contributed by atoms with Gasteiger partial charge in [-0.1, -0.05) is 0 Å². The minimum absolute atomic E-state index is 0. The van der Waals surface area contributed by atoms with E-state index in [0.717, 1.165) is 0 Å². The lowest BCUT2D eigenvalue weighted by Gasteiger charge is -1.95. The fourth-order valence-corrected chi connectivity index (χ4v) is 1.12. The molecule has 0 atom stereocenters. The van der Waals surface area contributed by atoms with Crippen molar-refractivity contribution in [2.75, 3.05) is 5.73 Å². The van der Waals surface area contributed by atoms with Crippen LogP contribution in [0.15, 0.2) is 29.2 Å². The highest BCUT2D eigenvalue weighted by atomic mass is 32.2. The predicted octanol–water partition coefficient (Wildman–Crippen LogP) is -0.668. The first kappa shape index (κ1) is 11.5. The summed E-state index contributed by atoms with van der Waals surface area (Å²) in [5, 5.41) is 0. The SMILES string of the molecule is Nc1ccc(S(=O)(=O)O)cc1.[AlH3]. The molecular weight excluding hydrogens is 193 g/mol. The molecule has 6 heteroatoms. The van der Waals surface area contributed by atoms with E-state index in [0.29, 0.717) is 5.69 Å². The molecule has 0 radical (unpaired) electrons. The minimum Gasteiger partial charge on any atom is -0.399 e. The second-order valence-electron chi connectivity index (χ2n) is 2.04. The normalized spacial score (nSPS) is 10.4. The van der Waals surface area contributed by atoms with Crippen molar-refractivity contribution in [3.05, 3.63) is 24.3 Å². The monoisotopic (exact) mass is 203 g/mol. The first-order valence-electron chi connectivity index (χ1n) is 2.83. The molecule has 0 aliphatic heterocycles. The van der Waals surface area contributed by atoms with Crippen LogP contribution < -0.4 is 5.73 Å². The van der Waals surface area contributed by atoms with Gasteiger partial charge in [0.2, 0.25) is 0 Å². The van der Waals surface area contributed by atoms with Crippen LogP contribution in [0.4, 0.5) is 5.69 Å². The first-order valence-corrected chi connectivity index (χ1v) is 4.27. The molecule has 4 nitrogen and oxygen atoms in total. The van der Waals surface area contributed by atoms with Gasteiger partial charge in [-0.25, -0.2) is 0 Å². The van der Waals surface area contributed by atoms with Gasteiger partial charge in [-0.05, 0) is 24.3 Å². The van der Waals surface area contributed by atoms with E-state index in [2.05, 4.69) is 0 Å². The molecule has 0 aliphatic carbocycles. The summed E-state index contributed by atoms with van der Waals surface area (Å²) in [5.41, 5.74) is 5.75. The first-order chi connectivity index (χ1) is 5.00. The summed E-state index contributed by atoms with van der Waals surface area (Å²) in [6, 6.07) is 5.29. The van der Waals surface area contributed by atoms with Crippen molar-refractivity contribution in [1.82, 2.24) is 0 Å². The molecular formula is C6H10AlNO3S. The second kappa shape index (κ2) is 3.92.